The molecule has 7 nitrogen and oxygen atoms in total. The van der Waals surface area contributed by atoms with Gasteiger partial charge < -0.3 is 15.5 Å². The fourth-order valence-electron chi connectivity index (χ4n) is 3.82. The maximum atomic E-state index is 12.4. The molecule has 134 valence electrons. The van der Waals surface area contributed by atoms with Gasteiger partial charge in [-0.2, -0.15) is 5.10 Å². The summed E-state index contributed by atoms with van der Waals surface area (Å²) in [6.45, 7) is 4.67. The standard InChI is InChI=1S/C17H30N6O/c1-14(11-23-13-18-12-19-23)20-16-7-9-22(10-8-16)17(24)21-15-5-3-2-4-6-15/h12-16,20H,2-11H2,1H3,(H,21,24). The fourth-order valence-corrected chi connectivity index (χ4v) is 3.82. The number of nitrogens with zero attached hydrogens (tertiary/aromatic N) is 4. The van der Waals surface area contributed by atoms with E-state index in [1.165, 1.54) is 19.3 Å². The van der Waals surface area contributed by atoms with Crippen LogP contribution in [0.1, 0.15) is 51.9 Å². The summed E-state index contributed by atoms with van der Waals surface area (Å²) in [6.07, 6.45) is 11.4. The van der Waals surface area contributed by atoms with E-state index < -0.39 is 0 Å². The van der Waals surface area contributed by atoms with Gasteiger partial charge in [-0.1, -0.05) is 19.3 Å². The molecule has 1 aromatic heterocycles. The highest BCUT2D eigenvalue weighted by Crippen LogP contribution is 2.18. The number of rotatable bonds is 5. The van der Waals surface area contributed by atoms with E-state index in [9.17, 15) is 4.79 Å². The summed E-state index contributed by atoms with van der Waals surface area (Å²) in [5, 5.41) is 11.0. The topological polar surface area (TPSA) is 75.1 Å². The van der Waals surface area contributed by atoms with Gasteiger partial charge in [-0.25, -0.2) is 9.78 Å². The van der Waals surface area contributed by atoms with Gasteiger partial charge in [0.15, 0.2) is 0 Å². The minimum Gasteiger partial charge on any atom is -0.335 e. The Balaban J connectivity index is 1.36. The smallest absolute Gasteiger partial charge is 0.317 e. The predicted molar refractivity (Wildman–Crippen MR) is 92.6 cm³/mol. The lowest BCUT2D eigenvalue weighted by Gasteiger charge is -2.35. The number of hydrogen-bond acceptors (Lipinski definition) is 4. The van der Waals surface area contributed by atoms with Crippen LogP contribution in [-0.4, -0.2) is 56.9 Å². The first kappa shape index (κ1) is 17.2. The zero-order valence-corrected chi connectivity index (χ0v) is 14.7. The monoisotopic (exact) mass is 334 g/mol. The molecule has 2 amide bonds. The van der Waals surface area contributed by atoms with Crippen molar-refractivity contribution in [3.63, 3.8) is 0 Å². The summed E-state index contributed by atoms with van der Waals surface area (Å²) in [7, 11) is 0. The molecule has 0 spiro atoms. The second kappa shape index (κ2) is 8.46. The molecule has 0 bridgehead atoms. The van der Waals surface area contributed by atoms with Crippen molar-refractivity contribution >= 4 is 6.03 Å². The lowest BCUT2D eigenvalue weighted by atomic mass is 9.95. The summed E-state index contributed by atoms with van der Waals surface area (Å²) in [4.78, 5) is 18.3. The number of nitrogens with one attached hydrogen (secondary N) is 2. The van der Waals surface area contributed by atoms with Crippen molar-refractivity contribution in [1.29, 1.82) is 0 Å². The zero-order valence-electron chi connectivity index (χ0n) is 14.7. The van der Waals surface area contributed by atoms with E-state index in [0.29, 0.717) is 18.1 Å². The fraction of sp³-hybridized carbons (Fsp3) is 0.824. The first-order valence-corrected chi connectivity index (χ1v) is 9.34. The Bertz CT molecular complexity index is 491. The Labute approximate surface area is 144 Å². The van der Waals surface area contributed by atoms with Gasteiger partial charge >= 0.3 is 6.03 Å². The van der Waals surface area contributed by atoms with Crippen LogP contribution < -0.4 is 10.6 Å². The van der Waals surface area contributed by atoms with Crippen LogP contribution >= 0.6 is 0 Å². The van der Waals surface area contributed by atoms with Gasteiger partial charge in [0.2, 0.25) is 0 Å². The Kier molecular flexibility index (Phi) is 6.07. The molecular weight excluding hydrogens is 304 g/mol. The van der Waals surface area contributed by atoms with E-state index in [-0.39, 0.29) is 6.03 Å². The average Bonchev–Trinajstić information content (AvgIpc) is 3.09. The highest BCUT2D eigenvalue weighted by molar-refractivity contribution is 5.74. The molecule has 0 radical (unpaired) electrons. The van der Waals surface area contributed by atoms with Crippen molar-refractivity contribution in [2.24, 2.45) is 0 Å². The van der Waals surface area contributed by atoms with Crippen LogP contribution in [0.25, 0.3) is 0 Å². The second-order valence-electron chi connectivity index (χ2n) is 7.23. The van der Waals surface area contributed by atoms with Crippen LogP contribution in [-0.2, 0) is 6.54 Å². The second-order valence-corrected chi connectivity index (χ2v) is 7.23. The Morgan fingerprint density at radius 2 is 1.92 bits per heavy atom. The van der Waals surface area contributed by atoms with Gasteiger partial charge in [-0.05, 0) is 32.6 Å². The van der Waals surface area contributed by atoms with Gasteiger partial charge in [0.1, 0.15) is 12.7 Å². The van der Waals surface area contributed by atoms with E-state index in [1.54, 1.807) is 12.7 Å². The molecule has 2 aliphatic rings. The Morgan fingerprint density at radius 3 is 2.58 bits per heavy atom. The molecule has 1 aliphatic heterocycles. The summed E-state index contributed by atoms with van der Waals surface area (Å²) < 4.78 is 1.85. The quantitative estimate of drug-likeness (QED) is 0.860. The molecule has 2 heterocycles. The molecule has 1 aromatic rings. The number of carbonyl (C=O) groups is 1. The third kappa shape index (κ3) is 4.93. The van der Waals surface area contributed by atoms with Crippen molar-refractivity contribution in [3.8, 4) is 0 Å². The van der Waals surface area contributed by atoms with Crippen LogP contribution in [0.4, 0.5) is 4.79 Å². The minimum absolute atomic E-state index is 0.135. The highest BCUT2D eigenvalue weighted by atomic mass is 16.2. The molecule has 1 aliphatic carbocycles. The van der Waals surface area contributed by atoms with E-state index in [4.69, 9.17) is 0 Å². The maximum Gasteiger partial charge on any atom is 0.317 e. The number of carbonyl (C=O) groups excluding carboxylic acids is 1. The highest BCUT2D eigenvalue weighted by Gasteiger charge is 2.25. The number of urea groups is 1. The number of hydrogen-bond donors (Lipinski definition) is 2. The largest absolute Gasteiger partial charge is 0.335 e. The Hall–Kier alpha value is -1.63. The molecule has 1 saturated carbocycles. The summed E-state index contributed by atoms with van der Waals surface area (Å²) in [5.74, 6) is 0. The first-order valence-electron chi connectivity index (χ1n) is 9.34. The summed E-state index contributed by atoms with van der Waals surface area (Å²) in [5.41, 5.74) is 0. The van der Waals surface area contributed by atoms with Crippen LogP contribution in [0.3, 0.4) is 0 Å². The third-order valence-corrected chi connectivity index (χ3v) is 5.16. The van der Waals surface area contributed by atoms with Crippen molar-refractivity contribution in [2.75, 3.05) is 13.1 Å². The minimum atomic E-state index is 0.135. The molecule has 3 rings (SSSR count). The lowest BCUT2D eigenvalue weighted by molar-refractivity contribution is 0.167. The van der Waals surface area contributed by atoms with Crippen LogP contribution in [0.5, 0.6) is 0 Å². The first-order chi connectivity index (χ1) is 11.7. The molecule has 24 heavy (non-hydrogen) atoms. The molecule has 7 heteroatoms. The lowest BCUT2D eigenvalue weighted by Crippen LogP contribution is -2.52. The normalized spacial score (nSPS) is 21.6. The van der Waals surface area contributed by atoms with Crippen molar-refractivity contribution in [2.45, 2.75) is 76.5 Å². The van der Waals surface area contributed by atoms with Gasteiger partial charge in [0.05, 0.1) is 6.54 Å². The van der Waals surface area contributed by atoms with Crippen LogP contribution in [0.2, 0.25) is 0 Å². The van der Waals surface area contributed by atoms with Gasteiger partial charge in [-0.15, -0.1) is 0 Å². The van der Waals surface area contributed by atoms with Crippen molar-refractivity contribution in [3.05, 3.63) is 12.7 Å². The number of aromatic nitrogens is 3. The Morgan fingerprint density at radius 1 is 1.17 bits per heavy atom. The number of amides is 2. The molecular formula is C17H30N6O. The number of piperidine rings is 1. The molecule has 1 saturated heterocycles. The van der Waals surface area contributed by atoms with E-state index in [2.05, 4.69) is 27.6 Å². The van der Waals surface area contributed by atoms with Crippen LogP contribution in [0, 0.1) is 0 Å². The van der Waals surface area contributed by atoms with Crippen LogP contribution in [0.15, 0.2) is 12.7 Å². The van der Waals surface area contributed by atoms with Gasteiger partial charge in [0.25, 0.3) is 0 Å². The predicted octanol–water partition coefficient (Wildman–Crippen LogP) is 1.76. The third-order valence-electron chi connectivity index (χ3n) is 5.16. The molecule has 1 atom stereocenters. The van der Waals surface area contributed by atoms with E-state index in [0.717, 1.165) is 45.3 Å². The molecule has 0 aromatic carbocycles. The summed E-state index contributed by atoms with van der Waals surface area (Å²) in [6, 6.07) is 1.35. The SMILES string of the molecule is CC(Cn1cncn1)NC1CCN(C(=O)NC2CCCCC2)CC1. The molecule has 2 N–H and O–H groups in total. The number of likely N-dealkylation sites (tertiary alicyclic amines) is 1. The average molecular weight is 334 g/mol. The van der Waals surface area contributed by atoms with Gasteiger partial charge in [-0.3, -0.25) is 4.68 Å². The van der Waals surface area contributed by atoms with Crippen molar-refractivity contribution in [1.82, 2.24) is 30.3 Å². The van der Waals surface area contributed by atoms with Gasteiger partial charge in [0, 0.05) is 31.2 Å². The van der Waals surface area contributed by atoms with E-state index in [1.807, 2.05) is 9.58 Å². The maximum absolute atomic E-state index is 12.4. The molecule has 2 fully saturated rings. The van der Waals surface area contributed by atoms with E-state index >= 15 is 0 Å². The molecule has 1 unspecified atom stereocenters. The zero-order chi connectivity index (χ0) is 16.8. The van der Waals surface area contributed by atoms with Crippen molar-refractivity contribution < 1.29 is 4.79 Å². The summed E-state index contributed by atoms with van der Waals surface area (Å²) >= 11 is 0.